The van der Waals surface area contributed by atoms with Crippen LogP contribution in [0, 0.1) is 19.8 Å². The minimum Gasteiger partial charge on any atom is -0.324 e. The molecule has 2 heterocycles. The molecule has 0 bridgehead atoms. The summed E-state index contributed by atoms with van der Waals surface area (Å²) in [6.07, 6.45) is 6.42. The maximum atomic E-state index is 4.67. The maximum absolute atomic E-state index is 4.67. The first-order valence-electron chi connectivity index (χ1n) is 9.92. The first-order chi connectivity index (χ1) is 12.5. The number of aryl methyl sites for hydroxylation is 4. The number of hydrogen-bond donors (Lipinski definition) is 2. The van der Waals surface area contributed by atoms with E-state index in [-0.39, 0.29) is 0 Å². The average Bonchev–Trinajstić information content (AvgIpc) is 3.06. The summed E-state index contributed by atoms with van der Waals surface area (Å²) in [4.78, 5) is 9.09. The molecule has 1 aliphatic rings. The van der Waals surface area contributed by atoms with Crippen LogP contribution in [-0.4, -0.2) is 23.1 Å². The van der Waals surface area contributed by atoms with Crippen LogP contribution >= 0.6 is 0 Å². The van der Waals surface area contributed by atoms with Gasteiger partial charge in [-0.25, -0.2) is 9.97 Å². The predicted molar refractivity (Wildman–Crippen MR) is 111 cm³/mol. The summed E-state index contributed by atoms with van der Waals surface area (Å²) >= 11 is 0. The lowest BCUT2D eigenvalue weighted by molar-refractivity contribution is 0.651. The Labute approximate surface area is 158 Å². The number of hydrogen-bond acceptors (Lipinski definition) is 4. The Balaban J connectivity index is 0.000000342. The molecule has 142 valence electrons. The van der Waals surface area contributed by atoms with E-state index in [9.17, 15) is 0 Å². The molecule has 0 saturated carbocycles. The minimum absolute atomic E-state index is 0.690. The largest absolute Gasteiger partial charge is 0.324 e. The zero-order valence-electron chi connectivity index (χ0n) is 17.0. The Morgan fingerprint density at radius 2 is 1.88 bits per heavy atom. The number of benzene rings is 1. The summed E-state index contributed by atoms with van der Waals surface area (Å²) in [5, 5.41) is 6.59. The second kappa shape index (κ2) is 10.3. The van der Waals surface area contributed by atoms with Gasteiger partial charge >= 0.3 is 0 Å². The highest BCUT2D eigenvalue weighted by Gasteiger charge is 2.07. The molecule has 0 spiro atoms. The quantitative estimate of drug-likeness (QED) is 0.796. The molecule has 1 aromatic carbocycles. The van der Waals surface area contributed by atoms with Crippen molar-refractivity contribution in [2.24, 2.45) is 5.92 Å². The lowest BCUT2D eigenvalue weighted by atomic mass is 10.1. The van der Waals surface area contributed by atoms with Gasteiger partial charge in [0.2, 0.25) is 5.95 Å². The number of nitrogens with zero attached hydrogens (tertiary/aromatic N) is 2. The molecule has 0 radical (unpaired) electrons. The van der Waals surface area contributed by atoms with Crippen LogP contribution in [0.25, 0.3) is 0 Å². The third-order valence-corrected chi connectivity index (χ3v) is 4.61. The molecule has 2 aromatic rings. The normalized spacial score (nSPS) is 16.1. The van der Waals surface area contributed by atoms with E-state index < -0.39 is 0 Å². The Morgan fingerprint density at radius 3 is 2.38 bits per heavy atom. The summed E-state index contributed by atoms with van der Waals surface area (Å²) in [6, 6.07) is 6.39. The van der Waals surface area contributed by atoms with Crippen molar-refractivity contribution in [3.8, 4) is 0 Å². The van der Waals surface area contributed by atoms with Gasteiger partial charge in [-0.1, -0.05) is 33.3 Å². The van der Waals surface area contributed by atoms with E-state index in [1.165, 1.54) is 36.2 Å². The first kappa shape index (κ1) is 20.4. The Bertz CT molecular complexity index is 670. The fraction of sp³-hybridized carbons (Fsp3) is 0.545. The number of aromatic nitrogens is 2. The minimum atomic E-state index is 0.690. The zero-order valence-corrected chi connectivity index (χ0v) is 17.0. The van der Waals surface area contributed by atoms with Gasteiger partial charge in [-0.15, -0.1) is 0 Å². The van der Waals surface area contributed by atoms with E-state index >= 15 is 0 Å². The first-order valence-corrected chi connectivity index (χ1v) is 9.92. The van der Waals surface area contributed by atoms with Crippen LogP contribution in [0.2, 0.25) is 0 Å². The van der Waals surface area contributed by atoms with Crippen molar-refractivity contribution >= 4 is 11.6 Å². The van der Waals surface area contributed by atoms with Crippen LogP contribution in [0.1, 0.15) is 56.0 Å². The van der Waals surface area contributed by atoms with Gasteiger partial charge < -0.3 is 10.6 Å². The summed E-state index contributed by atoms with van der Waals surface area (Å²) in [7, 11) is 0. The van der Waals surface area contributed by atoms with E-state index in [0.717, 1.165) is 36.6 Å². The molecule has 1 unspecified atom stereocenters. The Hall–Kier alpha value is -1.94. The number of anilines is 2. The van der Waals surface area contributed by atoms with Gasteiger partial charge in [-0.3, -0.25) is 0 Å². The maximum Gasteiger partial charge on any atom is 0.227 e. The molecule has 26 heavy (non-hydrogen) atoms. The van der Waals surface area contributed by atoms with Crippen molar-refractivity contribution in [3.05, 3.63) is 46.8 Å². The number of nitrogens with one attached hydrogen (secondary N) is 2. The van der Waals surface area contributed by atoms with Crippen molar-refractivity contribution < 1.29 is 0 Å². The fourth-order valence-corrected chi connectivity index (χ4v) is 3.23. The van der Waals surface area contributed by atoms with E-state index in [4.69, 9.17) is 0 Å². The molecule has 2 N–H and O–H groups in total. The lowest BCUT2D eigenvalue weighted by Gasteiger charge is -2.10. The van der Waals surface area contributed by atoms with Crippen LogP contribution < -0.4 is 10.6 Å². The Kier molecular flexibility index (Phi) is 8.05. The standard InChI is InChI=1S/C17H23N3.C5H11N/c1-5-7-16-14(6-2)11-18-17(20-16)19-15-9-12(3)8-13(4)10-15;1-5-2-3-6-4-5/h8-11H,5-7H2,1-4H3,(H,18,19,20);5-6H,2-4H2,1H3. The van der Waals surface area contributed by atoms with Crippen molar-refractivity contribution in [2.75, 3.05) is 18.4 Å². The van der Waals surface area contributed by atoms with Gasteiger partial charge in [-0.2, -0.15) is 0 Å². The smallest absolute Gasteiger partial charge is 0.227 e. The Morgan fingerprint density at radius 1 is 1.15 bits per heavy atom. The van der Waals surface area contributed by atoms with Crippen LogP contribution in [0.15, 0.2) is 24.4 Å². The highest BCUT2D eigenvalue weighted by atomic mass is 15.1. The molecule has 1 saturated heterocycles. The van der Waals surface area contributed by atoms with Gasteiger partial charge in [0.25, 0.3) is 0 Å². The molecule has 4 heteroatoms. The molecule has 0 amide bonds. The summed E-state index contributed by atoms with van der Waals surface area (Å²) in [6.45, 7) is 13.3. The molecule has 0 aliphatic carbocycles. The zero-order chi connectivity index (χ0) is 18.9. The highest BCUT2D eigenvalue weighted by Crippen LogP contribution is 2.18. The van der Waals surface area contributed by atoms with Crippen LogP contribution in [0.3, 0.4) is 0 Å². The molecule has 1 fully saturated rings. The van der Waals surface area contributed by atoms with Crippen molar-refractivity contribution in [1.82, 2.24) is 15.3 Å². The second-order valence-corrected chi connectivity index (χ2v) is 7.37. The molecule has 4 nitrogen and oxygen atoms in total. The molecule has 1 aromatic heterocycles. The van der Waals surface area contributed by atoms with E-state index in [1.54, 1.807) is 0 Å². The molecular weight excluding hydrogens is 320 g/mol. The monoisotopic (exact) mass is 354 g/mol. The van der Waals surface area contributed by atoms with Gasteiger partial charge in [0.1, 0.15) is 0 Å². The topological polar surface area (TPSA) is 49.8 Å². The van der Waals surface area contributed by atoms with Crippen molar-refractivity contribution in [2.45, 2.75) is 60.3 Å². The average molecular weight is 355 g/mol. The van der Waals surface area contributed by atoms with Gasteiger partial charge in [0, 0.05) is 17.6 Å². The summed E-state index contributed by atoms with van der Waals surface area (Å²) in [5.74, 6) is 1.63. The van der Waals surface area contributed by atoms with Gasteiger partial charge in [0.05, 0.1) is 0 Å². The van der Waals surface area contributed by atoms with E-state index in [1.807, 2.05) is 6.20 Å². The summed E-state index contributed by atoms with van der Waals surface area (Å²) < 4.78 is 0. The van der Waals surface area contributed by atoms with Crippen molar-refractivity contribution in [1.29, 1.82) is 0 Å². The molecular formula is C22H34N4. The fourth-order valence-electron chi connectivity index (χ4n) is 3.23. The van der Waals surface area contributed by atoms with E-state index in [2.05, 4.69) is 73.4 Å². The molecule has 3 rings (SSSR count). The van der Waals surface area contributed by atoms with Crippen LogP contribution in [0.4, 0.5) is 11.6 Å². The molecule has 1 aliphatic heterocycles. The SMILES string of the molecule is CC1CCNC1.CCCc1nc(Nc2cc(C)cc(C)c2)ncc1CC. The third-order valence-electron chi connectivity index (χ3n) is 4.61. The summed E-state index contributed by atoms with van der Waals surface area (Å²) in [5.41, 5.74) is 5.95. The van der Waals surface area contributed by atoms with Gasteiger partial charge in [-0.05, 0) is 80.9 Å². The van der Waals surface area contributed by atoms with E-state index in [0.29, 0.717) is 5.95 Å². The van der Waals surface area contributed by atoms with Crippen LogP contribution in [0.5, 0.6) is 0 Å². The third kappa shape index (κ3) is 6.41. The second-order valence-electron chi connectivity index (χ2n) is 7.37. The van der Waals surface area contributed by atoms with Crippen LogP contribution in [-0.2, 0) is 12.8 Å². The lowest BCUT2D eigenvalue weighted by Crippen LogP contribution is -2.06. The predicted octanol–water partition coefficient (Wildman–Crippen LogP) is 4.97. The molecule has 1 atom stereocenters. The van der Waals surface area contributed by atoms with Gasteiger partial charge in [0.15, 0.2) is 0 Å². The highest BCUT2D eigenvalue weighted by molar-refractivity contribution is 5.56. The number of rotatable bonds is 5. The van der Waals surface area contributed by atoms with Crippen molar-refractivity contribution in [3.63, 3.8) is 0 Å².